The molecule has 2 aromatic rings. The maximum absolute atomic E-state index is 12.6. The zero-order chi connectivity index (χ0) is 14.7. The maximum Gasteiger partial charge on any atom is 0.227 e. The lowest BCUT2D eigenvalue weighted by atomic mass is 10.1. The SMILES string of the molecule is COc1ccc(CC(=O)N(Cc2cccs2)C2CC2)cc1. The number of carbonyl (C=O) groups excluding carboxylic acids is 1. The molecule has 0 spiro atoms. The first-order valence-corrected chi connectivity index (χ1v) is 8.09. The first-order chi connectivity index (χ1) is 10.3. The van der Waals surface area contributed by atoms with Gasteiger partial charge >= 0.3 is 0 Å². The fourth-order valence-electron chi connectivity index (χ4n) is 2.40. The number of hydrogen-bond donors (Lipinski definition) is 0. The summed E-state index contributed by atoms with van der Waals surface area (Å²) in [4.78, 5) is 15.9. The van der Waals surface area contributed by atoms with E-state index >= 15 is 0 Å². The van der Waals surface area contributed by atoms with Crippen LogP contribution >= 0.6 is 11.3 Å². The highest BCUT2D eigenvalue weighted by Crippen LogP contribution is 2.30. The van der Waals surface area contributed by atoms with Crippen molar-refractivity contribution in [2.75, 3.05) is 7.11 Å². The molecule has 1 heterocycles. The van der Waals surface area contributed by atoms with Crippen molar-refractivity contribution in [1.82, 2.24) is 4.90 Å². The second-order valence-electron chi connectivity index (χ2n) is 5.36. The van der Waals surface area contributed by atoms with Gasteiger partial charge in [-0.3, -0.25) is 4.79 Å². The zero-order valence-electron chi connectivity index (χ0n) is 12.1. The van der Waals surface area contributed by atoms with Crippen LogP contribution in [0.25, 0.3) is 0 Å². The minimum Gasteiger partial charge on any atom is -0.497 e. The monoisotopic (exact) mass is 301 g/mol. The average molecular weight is 301 g/mol. The Morgan fingerprint density at radius 3 is 2.62 bits per heavy atom. The number of rotatable bonds is 6. The molecule has 3 rings (SSSR count). The van der Waals surface area contributed by atoms with E-state index in [2.05, 4.69) is 11.4 Å². The van der Waals surface area contributed by atoms with Gasteiger partial charge in [0.2, 0.25) is 5.91 Å². The van der Waals surface area contributed by atoms with Crippen molar-refractivity contribution in [2.24, 2.45) is 0 Å². The molecule has 1 aromatic carbocycles. The van der Waals surface area contributed by atoms with Crippen molar-refractivity contribution in [3.05, 3.63) is 52.2 Å². The van der Waals surface area contributed by atoms with Gasteiger partial charge in [-0.15, -0.1) is 11.3 Å². The van der Waals surface area contributed by atoms with E-state index in [4.69, 9.17) is 4.74 Å². The molecule has 0 radical (unpaired) electrons. The summed E-state index contributed by atoms with van der Waals surface area (Å²) < 4.78 is 5.15. The topological polar surface area (TPSA) is 29.5 Å². The van der Waals surface area contributed by atoms with E-state index in [-0.39, 0.29) is 5.91 Å². The minimum atomic E-state index is 0.219. The molecule has 1 aromatic heterocycles. The van der Waals surface area contributed by atoms with Crippen molar-refractivity contribution < 1.29 is 9.53 Å². The summed E-state index contributed by atoms with van der Waals surface area (Å²) in [5, 5.41) is 2.06. The number of carbonyl (C=O) groups is 1. The smallest absolute Gasteiger partial charge is 0.227 e. The van der Waals surface area contributed by atoms with Crippen LogP contribution in [0.5, 0.6) is 5.75 Å². The minimum absolute atomic E-state index is 0.219. The molecule has 0 unspecified atom stereocenters. The Hall–Kier alpha value is -1.81. The fraction of sp³-hybridized carbons (Fsp3) is 0.353. The third-order valence-corrected chi connectivity index (χ3v) is 4.59. The van der Waals surface area contributed by atoms with Gasteiger partial charge in [-0.25, -0.2) is 0 Å². The molecule has 0 N–H and O–H groups in total. The van der Waals surface area contributed by atoms with Crippen molar-refractivity contribution in [2.45, 2.75) is 31.8 Å². The molecular weight excluding hydrogens is 282 g/mol. The van der Waals surface area contributed by atoms with E-state index in [1.54, 1.807) is 18.4 Å². The van der Waals surface area contributed by atoms with Crippen molar-refractivity contribution >= 4 is 17.2 Å². The quantitative estimate of drug-likeness (QED) is 0.817. The summed E-state index contributed by atoms with van der Waals surface area (Å²) in [6.45, 7) is 0.747. The Morgan fingerprint density at radius 2 is 2.05 bits per heavy atom. The van der Waals surface area contributed by atoms with Gasteiger partial charge < -0.3 is 9.64 Å². The lowest BCUT2D eigenvalue weighted by molar-refractivity contribution is -0.131. The number of thiophene rings is 1. The first-order valence-electron chi connectivity index (χ1n) is 7.21. The Morgan fingerprint density at radius 1 is 1.29 bits per heavy atom. The van der Waals surface area contributed by atoms with Crippen LogP contribution in [0.2, 0.25) is 0 Å². The molecule has 1 aliphatic carbocycles. The normalized spacial score (nSPS) is 14.0. The summed E-state index contributed by atoms with van der Waals surface area (Å²) in [5.41, 5.74) is 1.04. The number of ether oxygens (including phenoxy) is 1. The number of benzene rings is 1. The van der Waals surface area contributed by atoms with Crippen LogP contribution in [0.1, 0.15) is 23.3 Å². The molecule has 0 aliphatic heterocycles. The number of methoxy groups -OCH3 is 1. The average Bonchev–Trinajstić information content (AvgIpc) is 3.21. The summed E-state index contributed by atoms with van der Waals surface area (Å²) in [5.74, 6) is 1.04. The van der Waals surface area contributed by atoms with Crippen molar-refractivity contribution in [3.63, 3.8) is 0 Å². The second kappa shape index (κ2) is 6.31. The molecule has 0 bridgehead atoms. The predicted octanol–water partition coefficient (Wildman–Crippen LogP) is 3.49. The lowest BCUT2D eigenvalue weighted by Gasteiger charge is -2.22. The molecule has 3 nitrogen and oxygen atoms in total. The van der Waals surface area contributed by atoms with Crippen LogP contribution < -0.4 is 4.74 Å². The van der Waals surface area contributed by atoms with Gasteiger partial charge in [-0.05, 0) is 42.0 Å². The predicted molar refractivity (Wildman–Crippen MR) is 84.6 cm³/mol. The van der Waals surface area contributed by atoms with Gasteiger partial charge in [0.15, 0.2) is 0 Å². The molecule has 1 fully saturated rings. The highest BCUT2D eigenvalue weighted by atomic mass is 32.1. The van der Waals surface area contributed by atoms with E-state index in [9.17, 15) is 4.79 Å². The van der Waals surface area contributed by atoms with Crippen molar-refractivity contribution in [1.29, 1.82) is 0 Å². The molecule has 110 valence electrons. The molecule has 0 atom stereocenters. The Balaban J connectivity index is 1.66. The number of hydrogen-bond acceptors (Lipinski definition) is 3. The third-order valence-electron chi connectivity index (χ3n) is 3.73. The van der Waals surface area contributed by atoms with Crippen LogP contribution in [-0.4, -0.2) is 24.0 Å². The lowest BCUT2D eigenvalue weighted by Crippen LogP contribution is -2.33. The van der Waals surface area contributed by atoms with Crippen LogP contribution in [-0.2, 0) is 17.8 Å². The van der Waals surface area contributed by atoms with Gasteiger partial charge in [0, 0.05) is 10.9 Å². The molecule has 1 aliphatic rings. The van der Waals surface area contributed by atoms with Crippen LogP contribution in [0.3, 0.4) is 0 Å². The Kier molecular flexibility index (Phi) is 4.25. The summed E-state index contributed by atoms with van der Waals surface area (Å²) >= 11 is 1.71. The van der Waals surface area contributed by atoms with Crippen LogP contribution in [0.15, 0.2) is 41.8 Å². The molecule has 21 heavy (non-hydrogen) atoms. The summed E-state index contributed by atoms with van der Waals surface area (Å²) in [6.07, 6.45) is 2.74. The van der Waals surface area contributed by atoms with Gasteiger partial charge in [0.05, 0.1) is 20.1 Å². The summed E-state index contributed by atoms with van der Waals surface area (Å²) in [7, 11) is 1.65. The highest BCUT2D eigenvalue weighted by molar-refractivity contribution is 7.09. The zero-order valence-corrected chi connectivity index (χ0v) is 12.9. The van der Waals surface area contributed by atoms with E-state index in [1.807, 2.05) is 35.2 Å². The van der Waals surface area contributed by atoms with Gasteiger partial charge in [-0.2, -0.15) is 0 Å². The third kappa shape index (κ3) is 3.64. The van der Waals surface area contributed by atoms with Crippen LogP contribution in [0, 0.1) is 0 Å². The maximum atomic E-state index is 12.6. The number of nitrogens with zero attached hydrogens (tertiary/aromatic N) is 1. The van der Waals surface area contributed by atoms with Gasteiger partial charge in [0.1, 0.15) is 5.75 Å². The van der Waals surface area contributed by atoms with Gasteiger partial charge in [0.25, 0.3) is 0 Å². The van der Waals surface area contributed by atoms with E-state index < -0.39 is 0 Å². The fourth-order valence-corrected chi connectivity index (χ4v) is 3.10. The second-order valence-corrected chi connectivity index (χ2v) is 6.39. The highest BCUT2D eigenvalue weighted by Gasteiger charge is 2.32. The Bertz CT molecular complexity index is 588. The van der Waals surface area contributed by atoms with Crippen LogP contribution in [0.4, 0.5) is 0 Å². The Labute approximate surface area is 129 Å². The van der Waals surface area contributed by atoms with E-state index in [1.165, 1.54) is 4.88 Å². The molecular formula is C17H19NO2S. The molecule has 1 saturated carbocycles. The van der Waals surface area contributed by atoms with Gasteiger partial charge in [-0.1, -0.05) is 18.2 Å². The molecule has 4 heteroatoms. The summed E-state index contributed by atoms with van der Waals surface area (Å²) in [6, 6.07) is 12.3. The standard InChI is InChI=1S/C17H19NO2S/c1-20-15-8-4-13(5-9-15)11-17(19)18(14-6-7-14)12-16-3-2-10-21-16/h2-5,8-10,14H,6-7,11-12H2,1H3. The largest absolute Gasteiger partial charge is 0.497 e. The van der Waals surface area contributed by atoms with E-state index in [0.29, 0.717) is 12.5 Å². The number of amides is 1. The molecule has 0 saturated heterocycles. The van der Waals surface area contributed by atoms with E-state index in [0.717, 1.165) is 30.7 Å². The first kappa shape index (κ1) is 14.1. The van der Waals surface area contributed by atoms with Crippen molar-refractivity contribution in [3.8, 4) is 5.75 Å². The molecule has 1 amide bonds.